The van der Waals surface area contributed by atoms with E-state index in [1.54, 1.807) is 4.90 Å². The van der Waals surface area contributed by atoms with Gasteiger partial charge in [0.1, 0.15) is 5.60 Å². The van der Waals surface area contributed by atoms with Crippen LogP contribution in [0.4, 0.5) is 4.79 Å². The zero-order valence-corrected chi connectivity index (χ0v) is 18.2. The van der Waals surface area contributed by atoms with E-state index >= 15 is 0 Å². The van der Waals surface area contributed by atoms with Crippen LogP contribution in [0.3, 0.4) is 0 Å². The number of ether oxygens (including phenoxy) is 1. The molecule has 0 aromatic carbocycles. The van der Waals surface area contributed by atoms with E-state index in [1.165, 1.54) is 0 Å². The highest BCUT2D eigenvalue weighted by molar-refractivity contribution is 5.77. The second-order valence-electron chi connectivity index (χ2n) is 9.93. The lowest BCUT2D eigenvalue weighted by Crippen LogP contribution is -2.46. The van der Waals surface area contributed by atoms with Gasteiger partial charge in [-0.3, -0.25) is 4.79 Å². The van der Waals surface area contributed by atoms with Crippen LogP contribution in [0.2, 0.25) is 0 Å². The molecule has 1 spiro atoms. The van der Waals surface area contributed by atoms with E-state index in [0.717, 1.165) is 32.2 Å². The number of piperidine rings is 1. The number of rotatable bonds is 5. The van der Waals surface area contributed by atoms with Crippen molar-refractivity contribution in [2.45, 2.75) is 89.9 Å². The summed E-state index contributed by atoms with van der Waals surface area (Å²) in [6.45, 7) is 9.95. The number of nitrogens with zero attached hydrogens (tertiary/aromatic N) is 4. The first kappa shape index (κ1) is 21.6. The van der Waals surface area contributed by atoms with E-state index in [-0.39, 0.29) is 23.5 Å². The highest BCUT2D eigenvalue weighted by Crippen LogP contribution is 2.44. The van der Waals surface area contributed by atoms with Gasteiger partial charge in [-0.05, 0) is 52.4 Å². The van der Waals surface area contributed by atoms with E-state index in [1.807, 2.05) is 25.7 Å². The molecule has 0 aliphatic carbocycles. The van der Waals surface area contributed by atoms with Crippen LogP contribution in [-0.2, 0) is 9.53 Å². The minimum Gasteiger partial charge on any atom is -0.444 e. The van der Waals surface area contributed by atoms with Gasteiger partial charge in [0.25, 0.3) is 0 Å². The summed E-state index contributed by atoms with van der Waals surface area (Å²) in [4.78, 5) is 29.0. The molecule has 0 radical (unpaired) electrons. The number of terminal acetylenes is 1. The lowest BCUT2D eigenvalue weighted by Gasteiger charge is -2.39. The minimum absolute atomic E-state index is 0.114. The summed E-state index contributed by atoms with van der Waals surface area (Å²) in [5.41, 5.74) is -0.764. The maximum Gasteiger partial charge on any atom is 0.410 e. The Morgan fingerprint density at radius 2 is 1.86 bits per heavy atom. The Bertz CT molecular complexity index is 705. The van der Waals surface area contributed by atoms with Crippen LogP contribution >= 0.6 is 0 Å². The number of amides is 2. The predicted octanol–water partition coefficient (Wildman–Crippen LogP) is 3.98. The highest BCUT2D eigenvalue weighted by Gasteiger charge is 2.47. The Kier molecular flexibility index (Phi) is 5.93. The fraction of sp³-hybridized carbons (Fsp3) is 0.818. The maximum absolute atomic E-state index is 12.9. The van der Waals surface area contributed by atoms with Gasteiger partial charge in [0.2, 0.25) is 5.91 Å². The standard InChI is InChI=1S/C22H34N4O3/c1-6-7-9-22(23-24-22)10-8-18(27)26-16-21(15-17(26)2)11-13-25(14-12-21)19(28)29-20(3,4)5/h1,17H,7-16H2,2-5H3. The van der Waals surface area contributed by atoms with Crippen LogP contribution in [0.1, 0.15) is 72.6 Å². The molecule has 0 bridgehead atoms. The monoisotopic (exact) mass is 402 g/mol. The third kappa shape index (κ3) is 5.29. The SMILES string of the molecule is C#CCCC1(CCC(=O)N2CC3(CCN(C(=O)OC(C)(C)C)CC3)CC2C)N=N1. The molecule has 3 heterocycles. The molecule has 2 amide bonds. The fourth-order valence-corrected chi connectivity index (χ4v) is 4.62. The van der Waals surface area contributed by atoms with Crippen molar-refractivity contribution in [2.24, 2.45) is 15.6 Å². The molecular weight excluding hydrogens is 368 g/mol. The third-order valence-electron chi connectivity index (χ3n) is 6.35. The summed E-state index contributed by atoms with van der Waals surface area (Å²) in [6, 6.07) is 0.227. The molecule has 7 heteroatoms. The van der Waals surface area contributed by atoms with E-state index in [4.69, 9.17) is 11.2 Å². The zero-order chi connectivity index (χ0) is 21.3. The number of hydrogen-bond donors (Lipinski definition) is 0. The molecule has 0 N–H and O–H groups in total. The quantitative estimate of drug-likeness (QED) is 0.653. The molecule has 0 aromatic heterocycles. The van der Waals surface area contributed by atoms with Crippen LogP contribution in [-0.4, -0.2) is 58.7 Å². The van der Waals surface area contributed by atoms with E-state index in [2.05, 4.69) is 23.1 Å². The predicted molar refractivity (Wildman–Crippen MR) is 110 cm³/mol. The first-order chi connectivity index (χ1) is 13.6. The van der Waals surface area contributed by atoms with Crippen LogP contribution < -0.4 is 0 Å². The summed E-state index contributed by atoms with van der Waals surface area (Å²) in [7, 11) is 0. The average molecular weight is 403 g/mol. The van der Waals surface area contributed by atoms with Gasteiger partial charge in [-0.15, -0.1) is 12.3 Å². The van der Waals surface area contributed by atoms with E-state index < -0.39 is 11.3 Å². The van der Waals surface area contributed by atoms with Crippen LogP contribution in [0.5, 0.6) is 0 Å². The summed E-state index contributed by atoms with van der Waals surface area (Å²) >= 11 is 0. The second-order valence-corrected chi connectivity index (χ2v) is 9.93. The molecule has 29 heavy (non-hydrogen) atoms. The molecule has 7 nitrogen and oxygen atoms in total. The average Bonchev–Trinajstić information content (AvgIpc) is 3.34. The second kappa shape index (κ2) is 7.97. The van der Waals surface area contributed by atoms with Crippen molar-refractivity contribution in [1.29, 1.82) is 0 Å². The lowest BCUT2D eigenvalue weighted by atomic mass is 9.77. The lowest BCUT2D eigenvalue weighted by molar-refractivity contribution is -0.132. The van der Waals surface area contributed by atoms with Crippen molar-refractivity contribution in [2.75, 3.05) is 19.6 Å². The molecule has 160 valence electrons. The normalized spacial score (nSPS) is 24.4. The Balaban J connectivity index is 1.49. The van der Waals surface area contributed by atoms with Crippen molar-refractivity contribution >= 4 is 12.0 Å². The van der Waals surface area contributed by atoms with E-state index in [0.29, 0.717) is 32.4 Å². The minimum atomic E-state index is -0.477. The van der Waals surface area contributed by atoms with Gasteiger partial charge in [0, 0.05) is 51.4 Å². The van der Waals surface area contributed by atoms with Crippen molar-refractivity contribution in [3.8, 4) is 12.3 Å². The Hall–Kier alpha value is -2.10. The highest BCUT2D eigenvalue weighted by atomic mass is 16.6. The fourth-order valence-electron chi connectivity index (χ4n) is 4.62. The smallest absolute Gasteiger partial charge is 0.410 e. The zero-order valence-electron chi connectivity index (χ0n) is 18.2. The van der Waals surface area contributed by atoms with Crippen LogP contribution in [0, 0.1) is 17.8 Å². The van der Waals surface area contributed by atoms with E-state index in [9.17, 15) is 9.59 Å². The van der Waals surface area contributed by atoms with Gasteiger partial charge in [-0.25, -0.2) is 4.79 Å². The van der Waals surface area contributed by atoms with Crippen molar-refractivity contribution in [1.82, 2.24) is 9.80 Å². The number of likely N-dealkylation sites (tertiary alicyclic amines) is 2. The summed E-state index contributed by atoms with van der Waals surface area (Å²) < 4.78 is 5.50. The van der Waals surface area contributed by atoms with Gasteiger partial charge in [-0.1, -0.05) is 0 Å². The first-order valence-electron chi connectivity index (χ1n) is 10.7. The van der Waals surface area contributed by atoms with Crippen molar-refractivity contribution in [3.63, 3.8) is 0 Å². The van der Waals surface area contributed by atoms with Crippen LogP contribution in [0.25, 0.3) is 0 Å². The third-order valence-corrected chi connectivity index (χ3v) is 6.35. The molecule has 0 saturated carbocycles. The number of hydrogen-bond acceptors (Lipinski definition) is 5. The number of carbonyl (C=O) groups is 2. The Morgan fingerprint density at radius 1 is 1.21 bits per heavy atom. The van der Waals surface area contributed by atoms with Gasteiger partial charge < -0.3 is 14.5 Å². The molecule has 1 unspecified atom stereocenters. The van der Waals surface area contributed by atoms with Gasteiger partial charge in [0.05, 0.1) is 0 Å². The number of carbonyl (C=O) groups excluding carboxylic acids is 2. The molecule has 1 atom stereocenters. The molecule has 0 aromatic rings. The molecule has 2 saturated heterocycles. The molecule has 3 aliphatic rings. The largest absolute Gasteiger partial charge is 0.444 e. The molecule has 3 rings (SSSR count). The van der Waals surface area contributed by atoms with Gasteiger partial charge in [0.15, 0.2) is 5.66 Å². The molecular formula is C22H34N4O3. The maximum atomic E-state index is 12.9. The Morgan fingerprint density at radius 3 is 2.41 bits per heavy atom. The Labute approximate surface area is 174 Å². The van der Waals surface area contributed by atoms with Crippen molar-refractivity contribution in [3.05, 3.63) is 0 Å². The molecule has 3 aliphatic heterocycles. The summed E-state index contributed by atoms with van der Waals surface area (Å²) in [5, 5.41) is 8.26. The summed E-state index contributed by atoms with van der Waals surface area (Å²) in [6.07, 6.45) is 10.4. The van der Waals surface area contributed by atoms with Gasteiger partial charge in [-0.2, -0.15) is 10.2 Å². The first-order valence-corrected chi connectivity index (χ1v) is 10.7. The van der Waals surface area contributed by atoms with Gasteiger partial charge >= 0.3 is 6.09 Å². The van der Waals surface area contributed by atoms with Crippen LogP contribution in [0.15, 0.2) is 10.2 Å². The summed E-state index contributed by atoms with van der Waals surface area (Å²) in [5.74, 6) is 2.81. The topological polar surface area (TPSA) is 74.6 Å². The molecule has 2 fully saturated rings. The van der Waals surface area contributed by atoms with Crippen molar-refractivity contribution < 1.29 is 14.3 Å².